The van der Waals surface area contributed by atoms with Crippen LogP contribution in [0, 0.1) is 5.82 Å². The summed E-state index contributed by atoms with van der Waals surface area (Å²) in [6, 6.07) is 7.05. The zero-order chi connectivity index (χ0) is 23.1. The summed E-state index contributed by atoms with van der Waals surface area (Å²) in [4.78, 5) is 11.2. The third-order valence-corrected chi connectivity index (χ3v) is 5.96. The number of halogens is 1. The van der Waals surface area contributed by atoms with E-state index in [2.05, 4.69) is 57.2 Å². The van der Waals surface area contributed by atoms with Crippen LogP contribution < -0.4 is 10.2 Å². The maximum atomic E-state index is 14.0. The van der Waals surface area contributed by atoms with Crippen molar-refractivity contribution in [1.82, 2.24) is 24.9 Å². The smallest absolute Gasteiger partial charge is 0.193 e. The second-order valence-corrected chi connectivity index (χ2v) is 8.83. The average molecular weight is 444 g/mol. The second-order valence-electron chi connectivity index (χ2n) is 8.83. The maximum Gasteiger partial charge on any atom is 0.193 e. The number of anilines is 1. The van der Waals surface area contributed by atoms with E-state index in [1.54, 1.807) is 6.07 Å². The molecule has 0 atom stereocenters. The molecule has 0 aliphatic carbocycles. The Bertz CT molecular complexity index is 884. The Kier molecular flexibility index (Phi) is 8.50. The minimum absolute atomic E-state index is 0.132. The number of hydrogen-bond donors (Lipinski definition) is 1. The first-order valence-electron chi connectivity index (χ1n) is 11.5. The van der Waals surface area contributed by atoms with Crippen LogP contribution in [0.1, 0.15) is 37.4 Å². The lowest BCUT2D eigenvalue weighted by Crippen LogP contribution is -2.47. The fraction of sp³-hybridized carbons (Fsp3) is 0.583. The lowest BCUT2D eigenvalue weighted by molar-refractivity contribution is 0.254. The normalized spacial score (nSPS) is 15.5. The maximum absolute atomic E-state index is 14.0. The fourth-order valence-electron chi connectivity index (χ4n) is 4.30. The Balaban J connectivity index is 1.40. The molecule has 3 rings (SSSR count). The van der Waals surface area contributed by atoms with Gasteiger partial charge in [-0.2, -0.15) is 5.10 Å². The van der Waals surface area contributed by atoms with Crippen molar-refractivity contribution < 1.29 is 4.39 Å². The first-order valence-corrected chi connectivity index (χ1v) is 11.5. The van der Waals surface area contributed by atoms with Crippen molar-refractivity contribution in [2.45, 2.75) is 32.7 Å². The molecule has 7 nitrogen and oxygen atoms in total. The van der Waals surface area contributed by atoms with Crippen molar-refractivity contribution in [2.24, 2.45) is 12.0 Å². The van der Waals surface area contributed by atoms with Gasteiger partial charge in [0.2, 0.25) is 0 Å². The molecule has 1 aliphatic rings. The molecule has 0 amide bonds. The lowest BCUT2D eigenvalue weighted by Gasteiger charge is -2.36. The Labute approximate surface area is 191 Å². The molecule has 1 aliphatic heterocycles. The van der Waals surface area contributed by atoms with E-state index in [1.165, 1.54) is 11.6 Å². The van der Waals surface area contributed by atoms with E-state index in [9.17, 15) is 4.39 Å². The highest BCUT2D eigenvalue weighted by Gasteiger charge is 2.19. The van der Waals surface area contributed by atoms with Gasteiger partial charge in [0.25, 0.3) is 0 Å². The van der Waals surface area contributed by atoms with E-state index >= 15 is 0 Å². The van der Waals surface area contributed by atoms with Gasteiger partial charge < -0.3 is 15.1 Å². The first-order chi connectivity index (χ1) is 15.4. The van der Waals surface area contributed by atoms with Gasteiger partial charge in [-0.15, -0.1) is 0 Å². The van der Waals surface area contributed by atoms with Crippen LogP contribution in [0.3, 0.4) is 0 Å². The predicted octanol–water partition coefficient (Wildman–Crippen LogP) is 2.90. The van der Waals surface area contributed by atoms with Crippen molar-refractivity contribution in [3.8, 4) is 0 Å². The fourth-order valence-corrected chi connectivity index (χ4v) is 4.30. The lowest BCUT2D eigenvalue weighted by atomic mass is 10.1. The monoisotopic (exact) mass is 443 g/mol. The van der Waals surface area contributed by atoms with Crippen molar-refractivity contribution in [3.05, 3.63) is 47.5 Å². The van der Waals surface area contributed by atoms with Crippen LogP contribution in [0.4, 0.5) is 10.1 Å². The molecule has 0 saturated carbocycles. The predicted molar refractivity (Wildman–Crippen MR) is 130 cm³/mol. The second kappa shape index (κ2) is 11.3. The minimum atomic E-state index is -0.132. The van der Waals surface area contributed by atoms with Gasteiger partial charge in [0, 0.05) is 72.2 Å². The van der Waals surface area contributed by atoms with Gasteiger partial charge in [-0.05, 0) is 31.0 Å². The Morgan fingerprint density at radius 2 is 1.94 bits per heavy atom. The van der Waals surface area contributed by atoms with E-state index < -0.39 is 0 Å². The van der Waals surface area contributed by atoms with Crippen LogP contribution >= 0.6 is 0 Å². The van der Waals surface area contributed by atoms with Gasteiger partial charge in [0.1, 0.15) is 5.82 Å². The molecule has 0 bridgehead atoms. The van der Waals surface area contributed by atoms with Crippen molar-refractivity contribution in [1.29, 1.82) is 0 Å². The molecule has 0 unspecified atom stereocenters. The van der Waals surface area contributed by atoms with Crippen molar-refractivity contribution >= 4 is 11.6 Å². The summed E-state index contributed by atoms with van der Waals surface area (Å²) in [6.07, 6.45) is 3.14. The molecular formula is C24H38FN7. The van der Waals surface area contributed by atoms with Gasteiger partial charge >= 0.3 is 0 Å². The van der Waals surface area contributed by atoms with Crippen molar-refractivity contribution in [3.63, 3.8) is 0 Å². The summed E-state index contributed by atoms with van der Waals surface area (Å²) < 4.78 is 15.9. The topological polar surface area (TPSA) is 51.9 Å². The molecule has 8 heteroatoms. The minimum Gasteiger partial charge on any atom is -0.367 e. The van der Waals surface area contributed by atoms with E-state index in [-0.39, 0.29) is 5.82 Å². The third kappa shape index (κ3) is 6.22. The summed E-state index contributed by atoms with van der Waals surface area (Å²) in [5.41, 5.74) is 3.10. The van der Waals surface area contributed by atoms with Crippen LogP contribution in [-0.4, -0.2) is 78.9 Å². The van der Waals surface area contributed by atoms with E-state index in [4.69, 9.17) is 0 Å². The van der Waals surface area contributed by atoms with Gasteiger partial charge in [0.15, 0.2) is 5.96 Å². The molecule has 1 fully saturated rings. The van der Waals surface area contributed by atoms with Crippen LogP contribution in [0.15, 0.2) is 35.5 Å². The van der Waals surface area contributed by atoms with Crippen molar-refractivity contribution in [2.75, 3.05) is 58.3 Å². The molecule has 2 heterocycles. The number of para-hydroxylation sites is 1. The molecule has 2 aromatic rings. The molecule has 176 valence electrons. The van der Waals surface area contributed by atoms with Gasteiger partial charge in [-0.3, -0.25) is 14.6 Å². The number of guanidine groups is 1. The molecule has 0 spiro atoms. The number of hydrogen-bond acceptors (Lipinski definition) is 4. The molecule has 1 saturated heterocycles. The summed E-state index contributed by atoms with van der Waals surface area (Å²) in [5, 5.41) is 8.09. The molecule has 1 aromatic carbocycles. The highest BCUT2D eigenvalue weighted by atomic mass is 19.1. The van der Waals surface area contributed by atoms with E-state index in [0.717, 1.165) is 69.6 Å². The van der Waals surface area contributed by atoms with Crippen LogP contribution in [0.5, 0.6) is 0 Å². The number of nitrogens with one attached hydrogen (secondary N) is 1. The van der Waals surface area contributed by atoms with E-state index in [0.29, 0.717) is 5.92 Å². The Morgan fingerprint density at radius 1 is 1.22 bits per heavy atom. The number of benzene rings is 1. The number of piperazine rings is 1. The van der Waals surface area contributed by atoms with Gasteiger partial charge in [-0.25, -0.2) is 4.39 Å². The molecule has 0 radical (unpaired) electrons. The van der Waals surface area contributed by atoms with E-state index in [1.807, 2.05) is 30.9 Å². The number of aryl methyl sites for hydroxylation is 1. The summed E-state index contributed by atoms with van der Waals surface area (Å²) in [6.45, 7) is 10.7. The average Bonchev–Trinajstić information content (AvgIpc) is 3.15. The molecule has 1 aromatic heterocycles. The summed E-state index contributed by atoms with van der Waals surface area (Å²) in [7, 11) is 5.86. The highest BCUT2D eigenvalue weighted by molar-refractivity contribution is 5.79. The summed E-state index contributed by atoms with van der Waals surface area (Å²) >= 11 is 0. The van der Waals surface area contributed by atoms with Crippen LogP contribution in [0.25, 0.3) is 0 Å². The van der Waals surface area contributed by atoms with Crippen LogP contribution in [-0.2, 0) is 13.6 Å². The largest absolute Gasteiger partial charge is 0.367 e. The first kappa shape index (κ1) is 24.0. The third-order valence-electron chi connectivity index (χ3n) is 5.96. The standard InChI is InChI=1S/C24H38FN7/c1-19(2)23-20(18-30(5)28-23)17-29(4)24(26-3)27-11-8-12-31-13-15-32(16-14-31)22-10-7-6-9-21(22)25/h6-7,9-10,18-19H,8,11-17H2,1-5H3,(H,26,27). The number of aromatic nitrogens is 2. The molecule has 32 heavy (non-hydrogen) atoms. The van der Waals surface area contributed by atoms with Crippen LogP contribution in [0.2, 0.25) is 0 Å². The van der Waals surface area contributed by atoms with Gasteiger partial charge in [0.05, 0.1) is 11.4 Å². The van der Waals surface area contributed by atoms with Gasteiger partial charge in [-0.1, -0.05) is 26.0 Å². The molecular weight excluding hydrogens is 405 g/mol. The molecule has 1 N–H and O–H groups in total. The Hall–Kier alpha value is -2.61. The highest BCUT2D eigenvalue weighted by Crippen LogP contribution is 2.20. The summed E-state index contributed by atoms with van der Waals surface area (Å²) in [5.74, 6) is 1.16. The SMILES string of the molecule is CN=C(NCCCN1CCN(c2ccccc2F)CC1)N(C)Cc1cn(C)nc1C(C)C. The number of nitrogens with zero attached hydrogens (tertiary/aromatic N) is 6. The zero-order valence-corrected chi connectivity index (χ0v) is 20.2. The Morgan fingerprint density at radius 3 is 2.59 bits per heavy atom. The quantitative estimate of drug-likeness (QED) is 0.386. The number of rotatable bonds is 8. The zero-order valence-electron chi connectivity index (χ0n) is 20.2. The number of aliphatic imine (C=N–C) groups is 1.